The molecule has 0 saturated heterocycles. The molecule has 13 heteroatoms. The van der Waals surface area contributed by atoms with Crippen molar-refractivity contribution in [2.75, 3.05) is 6.61 Å². The smallest absolute Gasteiger partial charge is 0.328 e. The number of carboxylic acid groups (broad SMARTS) is 1. The highest BCUT2D eigenvalue weighted by atomic mass is 16.4. The van der Waals surface area contributed by atoms with Crippen LogP contribution in [0.15, 0.2) is 0 Å². The van der Waals surface area contributed by atoms with Gasteiger partial charge in [-0.1, -0.05) is 13.8 Å². The summed E-state index contributed by atoms with van der Waals surface area (Å²) in [5, 5.41) is 34.6. The van der Waals surface area contributed by atoms with Crippen LogP contribution >= 0.6 is 0 Å². The lowest BCUT2D eigenvalue weighted by molar-refractivity contribution is -0.145. The van der Waals surface area contributed by atoms with E-state index in [4.69, 9.17) is 21.7 Å². The van der Waals surface area contributed by atoms with Crippen molar-refractivity contribution in [3.63, 3.8) is 0 Å². The van der Waals surface area contributed by atoms with Gasteiger partial charge in [0.05, 0.1) is 12.7 Å². The van der Waals surface area contributed by atoms with Crippen LogP contribution in [-0.2, 0) is 24.0 Å². The molecule has 0 aliphatic heterocycles. The summed E-state index contributed by atoms with van der Waals surface area (Å²) in [6.07, 6.45) is -1.71. The van der Waals surface area contributed by atoms with Gasteiger partial charge < -0.3 is 42.7 Å². The van der Waals surface area contributed by atoms with Gasteiger partial charge >= 0.3 is 5.97 Å². The number of rotatable bonds is 14. The Morgan fingerprint density at radius 1 is 0.903 bits per heavy atom. The van der Waals surface area contributed by atoms with Gasteiger partial charge in [-0.3, -0.25) is 19.2 Å². The molecule has 0 radical (unpaired) electrons. The van der Waals surface area contributed by atoms with Crippen LogP contribution in [0, 0.1) is 5.92 Å². The molecule has 13 nitrogen and oxygen atoms in total. The largest absolute Gasteiger partial charge is 0.480 e. The molecule has 0 aromatic carbocycles. The zero-order chi connectivity index (χ0) is 24.3. The third-order valence-electron chi connectivity index (χ3n) is 4.23. The number of nitrogens with one attached hydrogen (secondary N) is 3. The van der Waals surface area contributed by atoms with Gasteiger partial charge in [0.2, 0.25) is 23.6 Å². The Labute approximate surface area is 179 Å². The summed E-state index contributed by atoms with van der Waals surface area (Å²) in [7, 11) is 0. The molecule has 4 amide bonds. The van der Waals surface area contributed by atoms with E-state index in [-0.39, 0.29) is 25.2 Å². The maximum atomic E-state index is 12.7. The van der Waals surface area contributed by atoms with E-state index in [0.29, 0.717) is 0 Å². The highest BCUT2D eigenvalue weighted by molar-refractivity contribution is 5.94. The van der Waals surface area contributed by atoms with Crippen LogP contribution in [0.4, 0.5) is 0 Å². The number of aliphatic hydroxyl groups excluding tert-OH is 2. The monoisotopic (exact) mass is 447 g/mol. The first-order chi connectivity index (χ1) is 14.3. The fourth-order valence-electron chi connectivity index (χ4n) is 2.53. The summed E-state index contributed by atoms with van der Waals surface area (Å²) in [4.78, 5) is 59.6. The minimum absolute atomic E-state index is 0.0904. The molecule has 178 valence electrons. The van der Waals surface area contributed by atoms with E-state index in [1.54, 1.807) is 13.8 Å². The summed E-state index contributed by atoms with van der Waals surface area (Å²) in [6, 6.07) is -5.37. The van der Waals surface area contributed by atoms with Crippen LogP contribution in [0.25, 0.3) is 0 Å². The molecule has 5 atom stereocenters. The zero-order valence-electron chi connectivity index (χ0n) is 17.8. The highest BCUT2D eigenvalue weighted by Gasteiger charge is 2.32. The molecule has 0 aromatic rings. The standard InChI is InChI=1S/C18H33N5O8/c1-8(2)6-12(17(29)23-14(9(3)25)18(30)31)22-16(28)11(4-5-13(20)26)21-15(27)10(19)7-24/h8-12,14,24-25H,4-7,19H2,1-3H3,(H2,20,26)(H,21,27)(H,22,28)(H,23,29)(H,30,31). The average Bonchev–Trinajstić information content (AvgIpc) is 2.66. The maximum absolute atomic E-state index is 12.7. The Kier molecular flexibility index (Phi) is 12.3. The number of carboxylic acids is 1. The molecule has 0 saturated carbocycles. The molecule has 0 fully saturated rings. The zero-order valence-corrected chi connectivity index (χ0v) is 17.8. The number of hydrogen-bond donors (Lipinski definition) is 8. The number of aliphatic hydroxyl groups is 2. The molecule has 0 rings (SSSR count). The van der Waals surface area contributed by atoms with E-state index >= 15 is 0 Å². The Hall–Kier alpha value is -2.77. The molecule has 5 unspecified atom stereocenters. The van der Waals surface area contributed by atoms with Crippen LogP contribution in [0.5, 0.6) is 0 Å². The van der Waals surface area contributed by atoms with Gasteiger partial charge in [-0.2, -0.15) is 0 Å². The molecule has 0 aliphatic carbocycles. The molecular weight excluding hydrogens is 414 g/mol. The predicted octanol–water partition coefficient (Wildman–Crippen LogP) is -3.46. The highest BCUT2D eigenvalue weighted by Crippen LogP contribution is 2.08. The molecule has 0 aromatic heterocycles. The minimum atomic E-state index is -1.59. The van der Waals surface area contributed by atoms with Crippen LogP contribution in [0.2, 0.25) is 0 Å². The number of aliphatic carboxylic acids is 1. The van der Waals surface area contributed by atoms with Gasteiger partial charge in [-0.05, 0) is 25.7 Å². The topological polar surface area (TPSA) is 234 Å². The van der Waals surface area contributed by atoms with Crippen LogP contribution in [-0.4, -0.2) is 81.8 Å². The maximum Gasteiger partial charge on any atom is 0.328 e. The van der Waals surface area contributed by atoms with Gasteiger partial charge in [0.25, 0.3) is 0 Å². The first-order valence-electron chi connectivity index (χ1n) is 9.76. The lowest BCUT2D eigenvalue weighted by Crippen LogP contribution is -2.58. The first kappa shape index (κ1) is 28.2. The van der Waals surface area contributed by atoms with Crippen LogP contribution in [0.3, 0.4) is 0 Å². The number of nitrogens with two attached hydrogens (primary N) is 2. The molecule has 0 bridgehead atoms. The summed E-state index contributed by atoms with van der Waals surface area (Å²) in [6.45, 7) is 4.05. The van der Waals surface area contributed by atoms with Crippen molar-refractivity contribution in [1.82, 2.24) is 16.0 Å². The van der Waals surface area contributed by atoms with Crippen molar-refractivity contribution in [3.8, 4) is 0 Å². The second-order valence-electron chi connectivity index (χ2n) is 7.61. The number of carbonyl (C=O) groups is 5. The minimum Gasteiger partial charge on any atom is -0.480 e. The fraction of sp³-hybridized carbons (Fsp3) is 0.722. The Bertz CT molecular complexity index is 655. The Balaban J connectivity index is 5.51. The van der Waals surface area contributed by atoms with Crippen molar-refractivity contribution in [2.24, 2.45) is 17.4 Å². The van der Waals surface area contributed by atoms with E-state index in [1.807, 2.05) is 0 Å². The third-order valence-corrected chi connectivity index (χ3v) is 4.23. The van der Waals surface area contributed by atoms with Crippen molar-refractivity contribution in [3.05, 3.63) is 0 Å². The van der Waals surface area contributed by atoms with Crippen molar-refractivity contribution in [2.45, 2.75) is 70.3 Å². The number of carbonyl (C=O) groups excluding carboxylic acids is 4. The summed E-state index contributed by atoms with van der Waals surface area (Å²) < 4.78 is 0. The Morgan fingerprint density at radius 2 is 1.42 bits per heavy atom. The van der Waals surface area contributed by atoms with Crippen molar-refractivity contribution in [1.29, 1.82) is 0 Å². The first-order valence-corrected chi connectivity index (χ1v) is 9.76. The van der Waals surface area contributed by atoms with Crippen LogP contribution < -0.4 is 27.4 Å². The van der Waals surface area contributed by atoms with Crippen molar-refractivity contribution >= 4 is 29.6 Å². The lowest BCUT2D eigenvalue weighted by Gasteiger charge is -2.26. The summed E-state index contributed by atoms with van der Waals surface area (Å²) in [5.41, 5.74) is 10.5. The number of primary amides is 1. The van der Waals surface area contributed by atoms with E-state index in [0.717, 1.165) is 0 Å². The molecule has 0 aliphatic rings. The summed E-state index contributed by atoms with van der Waals surface area (Å²) >= 11 is 0. The fourth-order valence-corrected chi connectivity index (χ4v) is 2.53. The second-order valence-corrected chi connectivity index (χ2v) is 7.61. The summed E-state index contributed by atoms with van der Waals surface area (Å²) in [5.74, 6) is -4.80. The van der Waals surface area contributed by atoms with Gasteiger partial charge in [0.15, 0.2) is 6.04 Å². The van der Waals surface area contributed by atoms with E-state index in [9.17, 15) is 29.1 Å². The van der Waals surface area contributed by atoms with Crippen molar-refractivity contribution < 1.29 is 39.3 Å². The van der Waals surface area contributed by atoms with Gasteiger partial charge in [-0.25, -0.2) is 4.79 Å². The van der Waals surface area contributed by atoms with Gasteiger partial charge in [0.1, 0.15) is 18.1 Å². The average molecular weight is 447 g/mol. The van der Waals surface area contributed by atoms with Gasteiger partial charge in [0, 0.05) is 6.42 Å². The molecule has 0 spiro atoms. The van der Waals surface area contributed by atoms with Gasteiger partial charge in [-0.15, -0.1) is 0 Å². The SMILES string of the molecule is CC(C)CC(NC(=O)C(CCC(N)=O)NC(=O)C(N)CO)C(=O)NC(C(=O)O)C(C)O. The molecule has 0 heterocycles. The van der Waals surface area contributed by atoms with Crippen LogP contribution in [0.1, 0.15) is 40.0 Å². The number of hydrogen-bond acceptors (Lipinski definition) is 8. The molecule has 10 N–H and O–H groups in total. The predicted molar refractivity (Wildman–Crippen MR) is 108 cm³/mol. The number of amides is 4. The van der Waals surface area contributed by atoms with E-state index in [1.165, 1.54) is 6.92 Å². The third kappa shape index (κ3) is 10.7. The second kappa shape index (κ2) is 13.5. The van der Waals surface area contributed by atoms with E-state index < -0.39 is 66.5 Å². The lowest BCUT2D eigenvalue weighted by atomic mass is 10.0. The molecular formula is C18H33N5O8. The molecule has 31 heavy (non-hydrogen) atoms. The van der Waals surface area contributed by atoms with E-state index in [2.05, 4.69) is 16.0 Å². The Morgan fingerprint density at radius 3 is 1.84 bits per heavy atom. The normalized spacial score (nSPS) is 15.8. The quantitative estimate of drug-likeness (QED) is 0.132.